The Morgan fingerprint density at radius 2 is 1.43 bits per heavy atom. The minimum Gasteiger partial charge on any atom is -0.479 e. The molecule has 0 fully saturated rings. The third kappa shape index (κ3) is 6.82. The maximum absolute atomic E-state index is 15.1. The first kappa shape index (κ1) is 25.6. The van der Waals surface area contributed by atoms with E-state index >= 15 is 4.39 Å². The van der Waals surface area contributed by atoms with Gasteiger partial charge in [0.1, 0.15) is 0 Å². The number of rotatable bonds is 7. The molecule has 0 aliphatic rings. The van der Waals surface area contributed by atoms with Crippen LogP contribution in [0.2, 0.25) is 0 Å². The number of benzene rings is 4. The van der Waals surface area contributed by atoms with E-state index in [0.29, 0.717) is 0 Å². The number of hydrogen-bond donors (Lipinski definition) is 0. The van der Waals surface area contributed by atoms with Crippen molar-refractivity contribution in [1.82, 2.24) is 0 Å². The van der Waals surface area contributed by atoms with Crippen LogP contribution in [0.1, 0.15) is 12.5 Å². The van der Waals surface area contributed by atoms with Crippen molar-refractivity contribution in [3.63, 3.8) is 0 Å². The van der Waals surface area contributed by atoms with Crippen LogP contribution in [0.25, 0.3) is 0 Å². The molecule has 0 saturated heterocycles. The van der Waals surface area contributed by atoms with Gasteiger partial charge >= 0.3 is 5.97 Å². The number of ether oxygens (including phenoxy) is 2. The van der Waals surface area contributed by atoms with E-state index < -0.39 is 34.9 Å². The van der Waals surface area contributed by atoms with Crippen molar-refractivity contribution in [2.24, 2.45) is 0 Å². The van der Waals surface area contributed by atoms with E-state index in [1.165, 1.54) is 19.1 Å². The van der Waals surface area contributed by atoms with E-state index in [1.807, 2.05) is 97.1 Å². The van der Waals surface area contributed by atoms with Crippen molar-refractivity contribution in [3.8, 4) is 29.9 Å². The minimum atomic E-state index is -1.45. The lowest BCUT2D eigenvalue weighted by Gasteiger charge is -2.18. The number of carbonyl (C=O) groups excluding carboxylic acids is 1. The van der Waals surface area contributed by atoms with Gasteiger partial charge in [-0.3, -0.25) is 0 Å². The molecule has 182 valence electrons. The second-order valence-electron chi connectivity index (χ2n) is 8.08. The van der Waals surface area contributed by atoms with E-state index in [-0.39, 0.29) is 5.75 Å². The lowest BCUT2D eigenvalue weighted by Crippen LogP contribution is -2.31. The van der Waals surface area contributed by atoms with Crippen molar-refractivity contribution in [2.45, 2.75) is 27.2 Å². The Morgan fingerprint density at radius 1 is 0.865 bits per heavy atom. The number of carbonyl (C=O) groups is 1. The Balaban J connectivity index is 1.46. The molecular formula is C32H24FO3S+. The summed E-state index contributed by atoms with van der Waals surface area (Å²) in [6.45, 7) is 1.01. The summed E-state index contributed by atoms with van der Waals surface area (Å²) in [7, 11) is -0.503. The van der Waals surface area contributed by atoms with Crippen LogP contribution in [0.4, 0.5) is 4.39 Å². The molecular weight excluding hydrogens is 483 g/mol. The van der Waals surface area contributed by atoms with Gasteiger partial charge in [-0.1, -0.05) is 60.5 Å². The standard InChI is InChI=1S/C32H24FO3S/c1-3-32(2,22-21-25-13-7-4-8-14-25)36-31(34)24-35-30-20-19-28(23-29(30)33)37(26-15-9-5-10-16-26)27-17-11-6-12-18-27/h1,4-20,23H,24H2,2H3/q+1. The molecule has 0 saturated carbocycles. The molecule has 0 aromatic heterocycles. The van der Waals surface area contributed by atoms with Gasteiger partial charge in [-0.05, 0) is 67.3 Å². The third-order valence-corrected chi connectivity index (χ3v) is 7.47. The first-order valence-electron chi connectivity index (χ1n) is 11.5. The van der Waals surface area contributed by atoms with Crippen LogP contribution in [0, 0.1) is 30.0 Å². The molecule has 37 heavy (non-hydrogen) atoms. The number of halogens is 1. The van der Waals surface area contributed by atoms with E-state index in [9.17, 15) is 4.79 Å². The van der Waals surface area contributed by atoms with Crippen LogP contribution in [0.15, 0.2) is 124 Å². The molecule has 3 nitrogen and oxygen atoms in total. The van der Waals surface area contributed by atoms with Crippen molar-refractivity contribution in [2.75, 3.05) is 6.61 Å². The molecule has 0 heterocycles. The van der Waals surface area contributed by atoms with Gasteiger partial charge in [0, 0.05) is 11.6 Å². The Kier molecular flexibility index (Phi) is 8.31. The number of hydrogen-bond acceptors (Lipinski definition) is 3. The zero-order chi connectivity index (χ0) is 26.1. The van der Waals surface area contributed by atoms with Crippen molar-refractivity contribution in [1.29, 1.82) is 0 Å². The fourth-order valence-electron chi connectivity index (χ4n) is 3.44. The molecule has 4 rings (SSSR count). The zero-order valence-corrected chi connectivity index (χ0v) is 21.0. The van der Waals surface area contributed by atoms with Gasteiger partial charge in [0.25, 0.3) is 0 Å². The van der Waals surface area contributed by atoms with Crippen LogP contribution in [0.3, 0.4) is 0 Å². The highest BCUT2D eigenvalue weighted by atomic mass is 32.2. The largest absolute Gasteiger partial charge is 0.479 e. The van der Waals surface area contributed by atoms with E-state index in [2.05, 4.69) is 17.8 Å². The zero-order valence-electron chi connectivity index (χ0n) is 20.2. The summed E-state index contributed by atoms with van der Waals surface area (Å²) in [6, 6.07) is 33.8. The lowest BCUT2D eigenvalue weighted by atomic mass is 10.1. The van der Waals surface area contributed by atoms with Gasteiger partial charge < -0.3 is 9.47 Å². The topological polar surface area (TPSA) is 35.5 Å². The molecule has 0 aliphatic carbocycles. The molecule has 1 unspecified atom stereocenters. The van der Waals surface area contributed by atoms with Crippen molar-refractivity contribution in [3.05, 3.63) is 121 Å². The summed E-state index contributed by atoms with van der Waals surface area (Å²) in [5, 5.41) is 0. The van der Waals surface area contributed by atoms with Crippen molar-refractivity contribution < 1.29 is 18.7 Å². The third-order valence-electron chi connectivity index (χ3n) is 5.25. The monoisotopic (exact) mass is 507 g/mol. The summed E-state index contributed by atoms with van der Waals surface area (Å²) in [5.41, 5.74) is -0.707. The SMILES string of the molecule is C#CC(C)(C#Cc1ccccc1)OC(=O)COc1ccc([S+](c2ccccc2)c2ccccc2)cc1F. The average Bonchev–Trinajstić information content (AvgIpc) is 2.93. The first-order valence-corrected chi connectivity index (χ1v) is 12.7. The summed E-state index contributed by atoms with van der Waals surface area (Å²) in [4.78, 5) is 15.4. The minimum absolute atomic E-state index is 0.0526. The molecule has 4 aromatic carbocycles. The maximum Gasteiger partial charge on any atom is 0.346 e. The van der Waals surface area contributed by atoms with Gasteiger partial charge in [0.15, 0.2) is 32.9 Å². The fourth-order valence-corrected chi connectivity index (χ4v) is 5.55. The average molecular weight is 508 g/mol. The first-order chi connectivity index (χ1) is 18.0. The Morgan fingerprint density at radius 3 is 1.97 bits per heavy atom. The second-order valence-corrected chi connectivity index (χ2v) is 10.1. The highest BCUT2D eigenvalue weighted by molar-refractivity contribution is 7.97. The fraction of sp³-hybridized carbons (Fsp3) is 0.0938. The van der Waals surface area contributed by atoms with Crippen LogP contribution in [-0.4, -0.2) is 18.2 Å². The molecule has 1 atom stereocenters. The van der Waals surface area contributed by atoms with Gasteiger partial charge in [0.05, 0.1) is 10.9 Å². The molecule has 0 N–H and O–H groups in total. The van der Waals surface area contributed by atoms with E-state index in [1.54, 1.807) is 0 Å². The highest BCUT2D eigenvalue weighted by Gasteiger charge is 2.30. The smallest absolute Gasteiger partial charge is 0.346 e. The molecule has 4 aromatic rings. The predicted molar refractivity (Wildman–Crippen MR) is 144 cm³/mol. The Bertz CT molecular complexity index is 1410. The quantitative estimate of drug-likeness (QED) is 0.168. The van der Waals surface area contributed by atoms with Gasteiger partial charge in [-0.25, -0.2) is 9.18 Å². The number of esters is 1. The summed E-state index contributed by atoms with van der Waals surface area (Å²) in [5.74, 6) is 6.71. The molecule has 0 radical (unpaired) electrons. The normalized spacial score (nSPS) is 11.9. The lowest BCUT2D eigenvalue weighted by molar-refractivity contribution is -0.151. The highest BCUT2D eigenvalue weighted by Crippen LogP contribution is 2.33. The van der Waals surface area contributed by atoms with Gasteiger partial charge in [-0.2, -0.15) is 0 Å². The second kappa shape index (κ2) is 12.0. The molecule has 0 spiro atoms. The molecule has 0 amide bonds. The van der Waals surface area contributed by atoms with Gasteiger partial charge in [-0.15, -0.1) is 6.42 Å². The summed E-state index contributed by atoms with van der Waals surface area (Å²) >= 11 is 0. The van der Waals surface area contributed by atoms with Crippen molar-refractivity contribution >= 4 is 16.9 Å². The summed E-state index contributed by atoms with van der Waals surface area (Å²) in [6.07, 6.45) is 5.56. The van der Waals surface area contributed by atoms with Crippen LogP contribution in [0.5, 0.6) is 5.75 Å². The Hall–Kier alpha value is -4.45. The summed E-state index contributed by atoms with van der Waals surface area (Å²) < 4.78 is 25.9. The van der Waals surface area contributed by atoms with Crippen LogP contribution in [-0.2, 0) is 20.4 Å². The maximum atomic E-state index is 15.1. The predicted octanol–water partition coefficient (Wildman–Crippen LogP) is 6.29. The molecule has 0 bridgehead atoms. The van der Waals surface area contributed by atoms with E-state index in [0.717, 1.165) is 20.2 Å². The van der Waals surface area contributed by atoms with Crippen LogP contribution < -0.4 is 4.74 Å². The van der Waals surface area contributed by atoms with Crippen LogP contribution >= 0.6 is 0 Å². The van der Waals surface area contributed by atoms with E-state index in [4.69, 9.17) is 15.9 Å². The number of terminal acetylenes is 1. The Labute approximate surface area is 219 Å². The molecule has 5 heteroatoms. The molecule has 0 aliphatic heterocycles. The van der Waals surface area contributed by atoms with Gasteiger partial charge in [0.2, 0.25) is 5.60 Å².